The molecular weight excluding hydrogens is 426 g/mol. The van der Waals surface area contributed by atoms with Crippen molar-refractivity contribution in [1.82, 2.24) is 5.32 Å². The summed E-state index contributed by atoms with van der Waals surface area (Å²) in [6, 6.07) is 13.7. The van der Waals surface area contributed by atoms with Gasteiger partial charge in [0, 0.05) is 25.7 Å². The predicted molar refractivity (Wildman–Crippen MR) is 142 cm³/mol. The number of carbonyl (C=O) groups is 1. The van der Waals surface area contributed by atoms with Crippen molar-refractivity contribution in [1.29, 1.82) is 0 Å². The van der Waals surface area contributed by atoms with E-state index in [1.807, 2.05) is 68.5 Å². The second-order valence-electron chi connectivity index (χ2n) is 8.66. The zero-order valence-corrected chi connectivity index (χ0v) is 21.7. The SMILES string of the molecule is CCCCNC.COc1cc(CC2=C(C(=O)Nc3ccccc3N(C)C)CCC2)cc(OC)c1. The van der Waals surface area contributed by atoms with Crippen LogP contribution in [-0.4, -0.2) is 47.8 Å². The number of nitrogens with one attached hydrogen (secondary N) is 2. The van der Waals surface area contributed by atoms with Crippen molar-refractivity contribution in [3.63, 3.8) is 0 Å². The Morgan fingerprint density at radius 2 is 1.71 bits per heavy atom. The highest BCUT2D eigenvalue weighted by molar-refractivity contribution is 6.06. The smallest absolute Gasteiger partial charge is 0.251 e. The maximum atomic E-state index is 13.0. The van der Waals surface area contributed by atoms with E-state index in [4.69, 9.17) is 9.47 Å². The Kier molecular flexibility index (Phi) is 11.5. The number of hydrogen-bond donors (Lipinski definition) is 2. The van der Waals surface area contributed by atoms with Crippen LogP contribution in [0.1, 0.15) is 44.6 Å². The number of anilines is 2. The molecule has 0 heterocycles. The highest BCUT2D eigenvalue weighted by Crippen LogP contribution is 2.33. The van der Waals surface area contributed by atoms with Gasteiger partial charge in [0.05, 0.1) is 25.6 Å². The Balaban J connectivity index is 0.000000604. The number of carbonyl (C=O) groups excluding carboxylic acids is 1. The van der Waals surface area contributed by atoms with Crippen molar-refractivity contribution in [2.24, 2.45) is 0 Å². The van der Waals surface area contributed by atoms with Gasteiger partial charge in [-0.05, 0) is 75.5 Å². The van der Waals surface area contributed by atoms with Gasteiger partial charge in [-0.15, -0.1) is 0 Å². The Morgan fingerprint density at radius 3 is 2.26 bits per heavy atom. The number of ether oxygens (including phenoxy) is 2. The molecule has 1 amide bonds. The summed E-state index contributed by atoms with van der Waals surface area (Å²) in [6.45, 7) is 3.36. The van der Waals surface area contributed by atoms with E-state index in [0.717, 1.165) is 66.2 Å². The third-order valence-corrected chi connectivity index (χ3v) is 5.85. The summed E-state index contributed by atoms with van der Waals surface area (Å²) in [5, 5.41) is 6.18. The van der Waals surface area contributed by atoms with Crippen molar-refractivity contribution in [3.05, 3.63) is 59.2 Å². The minimum absolute atomic E-state index is 0.00309. The van der Waals surface area contributed by atoms with E-state index in [9.17, 15) is 4.79 Å². The Hall–Kier alpha value is -2.99. The molecule has 2 N–H and O–H groups in total. The van der Waals surface area contributed by atoms with Gasteiger partial charge >= 0.3 is 0 Å². The summed E-state index contributed by atoms with van der Waals surface area (Å²) in [6.07, 6.45) is 6.08. The lowest BCUT2D eigenvalue weighted by Crippen LogP contribution is -2.18. The largest absolute Gasteiger partial charge is 0.497 e. The molecule has 0 atom stereocenters. The summed E-state index contributed by atoms with van der Waals surface area (Å²) in [4.78, 5) is 15.0. The van der Waals surface area contributed by atoms with Gasteiger partial charge in [-0.1, -0.05) is 31.1 Å². The Bertz CT molecular complexity index is 927. The van der Waals surface area contributed by atoms with E-state index in [0.29, 0.717) is 0 Å². The first-order valence-electron chi connectivity index (χ1n) is 12.1. The molecule has 2 aromatic rings. The molecule has 0 radical (unpaired) electrons. The lowest BCUT2D eigenvalue weighted by atomic mass is 10.0. The molecule has 0 bridgehead atoms. The van der Waals surface area contributed by atoms with Crippen molar-refractivity contribution < 1.29 is 14.3 Å². The van der Waals surface area contributed by atoms with Gasteiger partial charge in [-0.2, -0.15) is 0 Å². The quantitative estimate of drug-likeness (QED) is 0.456. The Labute approximate surface area is 205 Å². The number of hydrogen-bond acceptors (Lipinski definition) is 5. The van der Waals surface area contributed by atoms with E-state index in [-0.39, 0.29) is 5.91 Å². The van der Waals surface area contributed by atoms with Crippen LogP contribution in [0.15, 0.2) is 53.6 Å². The highest BCUT2D eigenvalue weighted by atomic mass is 16.5. The fraction of sp³-hybridized carbons (Fsp3) is 0.464. The third kappa shape index (κ3) is 8.10. The summed E-state index contributed by atoms with van der Waals surface area (Å²) in [7, 11) is 9.22. The summed E-state index contributed by atoms with van der Waals surface area (Å²) in [5.74, 6) is 1.52. The van der Waals surface area contributed by atoms with E-state index < -0.39 is 0 Å². The molecular formula is C28H41N3O3. The summed E-state index contributed by atoms with van der Waals surface area (Å²) >= 11 is 0. The fourth-order valence-electron chi connectivity index (χ4n) is 4.01. The van der Waals surface area contributed by atoms with Gasteiger partial charge in [0.2, 0.25) is 0 Å². The minimum atomic E-state index is -0.00309. The van der Waals surface area contributed by atoms with Crippen LogP contribution in [0, 0.1) is 0 Å². The van der Waals surface area contributed by atoms with Crippen LogP contribution in [-0.2, 0) is 11.2 Å². The van der Waals surface area contributed by atoms with Crippen LogP contribution in [0.5, 0.6) is 11.5 Å². The van der Waals surface area contributed by atoms with Gasteiger partial charge in [0.1, 0.15) is 11.5 Å². The molecule has 0 saturated heterocycles. The van der Waals surface area contributed by atoms with Gasteiger partial charge in [-0.25, -0.2) is 0 Å². The molecule has 0 aliphatic heterocycles. The van der Waals surface area contributed by atoms with Gasteiger partial charge in [0.15, 0.2) is 0 Å². The van der Waals surface area contributed by atoms with Crippen molar-refractivity contribution >= 4 is 17.3 Å². The van der Waals surface area contributed by atoms with Crippen molar-refractivity contribution in [2.75, 3.05) is 52.1 Å². The standard InChI is InChI=1S/C23H28N2O3.C5H13N/c1-25(2)22-11-6-5-10-21(22)24-23(26)20-9-7-8-17(20)12-16-13-18(27-3)15-19(14-16)28-4;1-3-4-5-6-2/h5-6,10-11,13-15H,7-9,12H2,1-4H3,(H,24,26);6H,3-5H2,1-2H3. The van der Waals surface area contributed by atoms with Gasteiger partial charge in [-0.3, -0.25) is 4.79 Å². The number of methoxy groups -OCH3 is 2. The average Bonchev–Trinajstić information content (AvgIpc) is 3.31. The first-order valence-corrected chi connectivity index (χ1v) is 12.1. The van der Waals surface area contributed by atoms with E-state index >= 15 is 0 Å². The average molecular weight is 468 g/mol. The first-order chi connectivity index (χ1) is 16.4. The molecule has 1 aliphatic carbocycles. The van der Waals surface area contributed by atoms with Gasteiger partial charge in [0.25, 0.3) is 5.91 Å². The lowest BCUT2D eigenvalue weighted by molar-refractivity contribution is -0.113. The molecule has 186 valence electrons. The maximum Gasteiger partial charge on any atom is 0.251 e. The number of para-hydroxylation sites is 2. The predicted octanol–water partition coefficient (Wildman–Crippen LogP) is 5.44. The number of unbranched alkanes of at least 4 members (excludes halogenated alkanes) is 1. The molecule has 0 saturated carbocycles. The van der Waals surface area contributed by atoms with Crippen LogP contribution in [0.4, 0.5) is 11.4 Å². The fourth-order valence-corrected chi connectivity index (χ4v) is 4.01. The molecule has 34 heavy (non-hydrogen) atoms. The van der Waals surface area contributed by atoms with Crippen LogP contribution < -0.4 is 25.0 Å². The third-order valence-electron chi connectivity index (χ3n) is 5.85. The molecule has 1 aliphatic rings. The van der Waals surface area contributed by atoms with Crippen molar-refractivity contribution in [2.45, 2.75) is 45.4 Å². The van der Waals surface area contributed by atoms with E-state index in [2.05, 4.69) is 17.6 Å². The molecule has 6 heteroatoms. The van der Waals surface area contributed by atoms with Crippen LogP contribution in [0.25, 0.3) is 0 Å². The number of allylic oxidation sites excluding steroid dienone is 1. The number of benzene rings is 2. The van der Waals surface area contributed by atoms with E-state index in [1.165, 1.54) is 18.4 Å². The van der Waals surface area contributed by atoms with Crippen LogP contribution in [0.3, 0.4) is 0 Å². The molecule has 3 rings (SSSR count). The number of rotatable bonds is 10. The van der Waals surface area contributed by atoms with E-state index in [1.54, 1.807) is 14.2 Å². The van der Waals surface area contributed by atoms with Gasteiger partial charge < -0.3 is 25.0 Å². The maximum absolute atomic E-state index is 13.0. The van der Waals surface area contributed by atoms with Crippen LogP contribution >= 0.6 is 0 Å². The van der Waals surface area contributed by atoms with Crippen molar-refractivity contribution in [3.8, 4) is 11.5 Å². The normalized spacial score (nSPS) is 12.6. The summed E-state index contributed by atoms with van der Waals surface area (Å²) < 4.78 is 10.7. The van der Waals surface area contributed by atoms with Crippen LogP contribution in [0.2, 0.25) is 0 Å². The number of amides is 1. The minimum Gasteiger partial charge on any atom is -0.497 e. The lowest BCUT2D eigenvalue weighted by Gasteiger charge is -2.18. The molecule has 0 fully saturated rings. The summed E-state index contributed by atoms with van der Waals surface area (Å²) in [5.41, 5.74) is 5.01. The zero-order valence-electron chi connectivity index (χ0n) is 21.7. The zero-order chi connectivity index (χ0) is 24.9. The Morgan fingerprint density at radius 1 is 1.03 bits per heavy atom. The second-order valence-corrected chi connectivity index (χ2v) is 8.66. The highest BCUT2D eigenvalue weighted by Gasteiger charge is 2.22. The molecule has 0 unspecified atom stereocenters. The second kappa shape index (κ2) is 14.3. The molecule has 6 nitrogen and oxygen atoms in total. The molecule has 0 spiro atoms. The topological polar surface area (TPSA) is 62.8 Å². The number of nitrogens with zero attached hydrogens (tertiary/aromatic N) is 1. The monoisotopic (exact) mass is 467 g/mol. The first kappa shape index (κ1) is 27.3. The molecule has 2 aromatic carbocycles. The molecule has 0 aromatic heterocycles.